The molecule has 25 heavy (non-hydrogen) atoms. The fraction of sp³-hybridized carbons (Fsp3) is 0.643. The van der Waals surface area contributed by atoms with Crippen molar-refractivity contribution in [2.75, 3.05) is 0 Å². The summed E-state index contributed by atoms with van der Waals surface area (Å²) in [7, 11) is 0. The first kappa shape index (κ1) is 20.4. The summed E-state index contributed by atoms with van der Waals surface area (Å²) >= 11 is 0. The lowest BCUT2D eigenvalue weighted by atomic mass is 9.98. The van der Waals surface area contributed by atoms with Crippen LogP contribution in [-0.4, -0.2) is 65.7 Å². The Morgan fingerprint density at radius 2 is 1.08 bits per heavy atom. The number of carboxylic acids is 1. The molecule has 0 saturated carbocycles. The highest BCUT2D eigenvalue weighted by atomic mass is 16.7. The predicted octanol–water partition coefficient (Wildman–Crippen LogP) is -0.846. The SMILES string of the molecule is CC(=O)OC1OC(C(=O)O)C(OC(C)=O)C(OC(C)=O)C1OC(C)=O. The lowest BCUT2D eigenvalue weighted by Crippen LogP contribution is -2.63. The van der Waals surface area contributed by atoms with Gasteiger partial charge in [0, 0.05) is 27.7 Å². The molecule has 1 saturated heterocycles. The first-order valence-electron chi connectivity index (χ1n) is 7.10. The number of carboxylic acid groups (broad SMARTS) is 1. The van der Waals surface area contributed by atoms with Gasteiger partial charge in [0.2, 0.25) is 12.4 Å². The maximum atomic E-state index is 11.4. The monoisotopic (exact) mass is 362 g/mol. The van der Waals surface area contributed by atoms with E-state index in [1.165, 1.54) is 0 Å². The van der Waals surface area contributed by atoms with Gasteiger partial charge in [0.25, 0.3) is 0 Å². The molecule has 11 nitrogen and oxygen atoms in total. The van der Waals surface area contributed by atoms with E-state index in [0.717, 1.165) is 27.7 Å². The smallest absolute Gasteiger partial charge is 0.337 e. The van der Waals surface area contributed by atoms with Gasteiger partial charge in [-0.1, -0.05) is 0 Å². The van der Waals surface area contributed by atoms with E-state index in [1.807, 2.05) is 0 Å². The molecule has 0 aromatic carbocycles. The van der Waals surface area contributed by atoms with Gasteiger partial charge in [-0.25, -0.2) is 4.79 Å². The summed E-state index contributed by atoms with van der Waals surface area (Å²) in [5.74, 6) is -5.03. The lowest BCUT2D eigenvalue weighted by Gasteiger charge is -2.42. The molecule has 140 valence electrons. The van der Waals surface area contributed by atoms with E-state index in [0.29, 0.717) is 0 Å². The summed E-state index contributed by atoms with van der Waals surface area (Å²) in [6, 6.07) is 0. The molecule has 1 N–H and O–H groups in total. The van der Waals surface area contributed by atoms with Crippen LogP contribution in [0.1, 0.15) is 27.7 Å². The van der Waals surface area contributed by atoms with Crippen molar-refractivity contribution in [1.29, 1.82) is 0 Å². The Hall–Kier alpha value is -2.69. The van der Waals surface area contributed by atoms with E-state index in [-0.39, 0.29) is 0 Å². The van der Waals surface area contributed by atoms with E-state index in [2.05, 4.69) is 0 Å². The standard InChI is InChI=1S/C14H18O11/c1-5(15)21-9-10(22-6(2)16)12(23-7(3)17)14(24-8(4)18)25-11(9)13(19)20/h9-12,14H,1-4H3,(H,19,20). The zero-order chi connectivity index (χ0) is 19.3. The summed E-state index contributed by atoms with van der Waals surface area (Å²) in [5.41, 5.74) is 0. The molecule has 1 heterocycles. The van der Waals surface area contributed by atoms with Gasteiger partial charge < -0.3 is 28.8 Å². The molecule has 0 aliphatic carbocycles. The summed E-state index contributed by atoms with van der Waals surface area (Å²) in [6.07, 6.45) is -8.24. The van der Waals surface area contributed by atoms with E-state index in [9.17, 15) is 29.1 Å². The molecule has 0 radical (unpaired) electrons. The van der Waals surface area contributed by atoms with Crippen LogP contribution in [0.2, 0.25) is 0 Å². The molecule has 1 aliphatic rings. The van der Waals surface area contributed by atoms with E-state index < -0.39 is 60.6 Å². The van der Waals surface area contributed by atoms with Crippen LogP contribution < -0.4 is 0 Å². The zero-order valence-electron chi connectivity index (χ0n) is 13.9. The fourth-order valence-corrected chi connectivity index (χ4v) is 2.23. The third-order valence-corrected chi connectivity index (χ3v) is 2.93. The van der Waals surface area contributed by atoms with E-state index in [4.69, 9.17) is 23.7 Å². The summed E-state index contributed by atoms with van der Waals surface area (Å²) < 4.78 is 24.8. The minimum atomic E-state index is -1.83. The second-order valence-electron chi connectivity index (χ2n) is 5.09. The Balaban J connectivity index is 3.33. The third kappa shape index (κ3) is 5.71. The van der Waals surface area contributed by atoms with Crippen molar-refractivity contribution in [3.05, 3.63) is 0 Å². The highest BCUT2D eigenvalue weighted by molar-refractivity contribution is 5.75. The second kappa shape index (κ2) is 8.42. The second-order valence-corrected chi connectivity index (χ2v) is 5.09. The number of carbonyl (C=O) groups excluding carboxylic acids is 4. The molecular formula is C14H18O11. The minimum absolute atomic E-state index is 0.849. The van der Waals surface area contributed by atoms with Crippen LogP contribution in [0.15, 0.2) is 0 Å². The van der Waals surface area contributed by atoms with Crippen molar-refractivity contribution in [2.45, 2.75) is 58.4 Å². The molecule has 5 atom stereocenters. The van der Waals surface area contributed by atoms with Crippen LogP contribution >= 0.6 is 0 Å². The van der Waals surface area contributed by atoms with Gasteiger partial charge in [-0.15, -0.1) is 0 Å². The molecular weight excluding hydrogens is 344 g/mol. The average Bonchev–Trinajstić information content (AvgIpc) is 2.42. The van der Waals surface area contributed by atoms with Crippen LogP contribution in [-0.2, 0) is 47.7 Å². The Bertz CT molecular complexity index is 569. The van der Waals surface area contributed by atoms with Crippen LogP contribution in [0, 0.1) is 0 Å². The molecule has 0 bridgehead atoms. The zero-order valence-corrected chi connectivity index (χ0v) is 13.9. The van der Waals surface area contributed by atoms with Crippen LogP contribution in [0.4, 0.5) is 0 Å². The van der Waals surface area contributed by atoms with Gasteiger partial charge in [0.1, 0.15) is 0 Å². The molecule has 0 amide bonds. The highest BCUT2D eigenvalue weighted by Gasteiger charge is 2.55. The molecule has 5 unspecified atom stereocenters. The van der Waals surface area contributed by atoms with Gasteiger partial charge in [-0.2, -0.15) is 0 Å². The summed E-state index contributed by atoms with van der Waals surface area (Å²) in [6.45, 7) is 4.06. The minimum Gasteiger partial charge on any atom is -0.479 e. The van der Waals surface area contributed by atoms with Gasteiger partial charge in [-0.05, 0) is 0 Å². The molecule has 0 spiro atoms. The normalized spacial score (nSPS) is 28.4. The Labute approximate surface area is 142 Å². The Kier molecular flexibility index (Phi) is 6.86. The van der Waals surface area contributed by atoms with E-state index in [1.54, 1.807) is 0 Å². The Morgan fingerprint density at radius 3 is 1.48 bits per heavy atom. The number of hydrogen-bond acceptors (Lipinski definition) is 10. The van der Waals surface area contributed by atoms with Crippen molar-refractivity contribution >= 4 is 29.8 Å². The topological polar surface area (TPSA) is 152 Å². The molecule has 1 fully saturated rings. The average molecular weight is 362 g/mol. The Morgan fingerprint density at radius 1 is 0.680 bits per heavy atom. The van der Waals surface area contributed by atoms with E-state index >= 15 is 0 Å². The number of aliphatic carboxylic acids is 1. The van der Waals surface area contributed by atoms with Crippen LogP contribution in [0.5, 0.6) is 0 Å². The van der Waals surface area contributed by atoms with Crippen molar-refractivity contribution in [3.8, 4) is 0 Å². The van der Waals surface area contributed by atoms with Gasteiger partial charge in [0.15, 0.2) is 18.3 Å². The third-order valence-electron chi connectivity index (χ3n) is 2.93. The highest BCUT2D eigenvalue weighted by Crippen LogP contribution is 2.29. The van der Waals surface area contributed by atoms with Crippen LogP contribution in [0.3, 0.4) is 0 Å². The quantitative estimate of drug-likeness (QED) is 0.481. The molecule has 11 heteroatoms. The molecule has 1 aliphatic heterocycles. The molecule has 0 aromatic rings. The summed E-state index contributed by atoms with van der Waals surface area (Å²) in [5, 5.41) is 9.29. The first-order chi connectivity index (χ1) is 11.5. The summed E-state index contributed by atoms with van der Waals surface area (Å²) in [4.78, 5) is 56.7. The van der Waals surface area contributed by atoms with Gasteiger partial charge in [0.05, 0.1) is 0 Å². The van der Waals surface area contributed by atoms with Crippen molar-refractivity contribution in [2.24, 2.45) is 0 Å². The van der Waals surface area contributed by atoms with Crippen molar-refractivity contribution in [1.82, 2.24) is 0 Å². The number of hydrogen-bond donors (Lipinski definition) is 1. The van der Waals surface area contributed by atoms with Gasteiger partial charge in [-0.3, -0.25) is 19.2 Å². The number of ether oxygens (including phenoxy) is 5. The lowest BCUT2D eigenvalue weighted by molar-refractivity contribution is -0.293. The van der Waals surface area contributed by atoms with Crippen LogP contribution in [0.25, 0.3) is 0 Å². The van der Waals surface area contributed by atoms with Gasteiger partial charge >= 0.3 is 29.8 Å². The molecule has 0 aromatic heterocycles. The number of esters is 4. The first-order valence-corrected chi connectivity index (χ1v) is 7.10. The predicted molar refractivity (Wildman–Crippen MR) is 74.7 cm³/mol. The molecule has 1 rings (SSSR count). The number of carbonyl (C=O) groups is 5. The maximum Gasteiger partial charge on any atom is 0.337 e. The largest absolute Gasteiger partial charge is 0.479 e. The maximum absolute atomic E-state index is 11.4. The number of rotatable bonds is 5. The van der Waals surface area contributed by atoms with Crippen molar-refractivity contribution in [3.63, 3.8) is 0 Å². The fourth-order valence-electron chi connectivity index (χ4n) is 2.23. The van der Waals surface area contributed by atoms with Crippen molar-refractivity contribution < 1.29 is 52.8 Å².